The van der Waals surface area contributed by atoms with Gasteiger partial charge in [-0.1, -0.05) is 30.8 Å². The molecule has 0 aliphatic heterocycles. The minimum Gasteiger partial charge on any atom is -0.389 e. The Kier molecular flexibility index (Phi) is 3.50. The zero-order valence-corrected chi connectivity index (χ0v) is 12.5. The van der Waals surface area contributed by atoms with Gasteiger partial charge in [-0.15, -0.1) is 0 Å². The number of hydrogen-bond donors (Lipinski definition) is 1. The number of carbonyl (C=O) groups is 1. The van der Waals surface area contributed by atoms with E-state index in [1.54, 1.807) is 4.90 Å². The van der Waals surface area contributed by atoms with Gasteiger partial charge in [0.1, 0.15) is 4.99 Å². The molecule has 106 valence electrons. The number of benzene rings is 1. The summed E-state index contributed by atoms with van der Waals surface area (Å²) in [5.74, 6) is 1.78. The molecule has 0 heterocycles. The van der Waals surface area contributed by atoms with Crippen LogP contribution in [0, 0.1) is 17.8 Å². The van der Waals surface area contributed by atoms with Gasteiger partial charge >= 0.3 is 0 Å². The van der Waals surface area contributed by atoms with Crippen molar-refractivity contribution in [2.45, 2.75) is 25.7 Å². The number of carbonyl (C=O) groups excluding carboxylic acids is 1. The summed E-state index contributed by atoms with van der Waals surface area (Å²) in [5.41, 5.74) is 7.37. The van der Waals surface area contributed by atoms with E-state index < -0.39 is 0 Å². The maximum absolute atomic E-state index is 12.8. The van der Waals surface area contributed by atoms with E-state index in [0.29, 0.717) is 10.9 Å². The summed E-state index contributed by atoms with van der Waals surface area (Å²) in [5, 5.41) is 0. The van der Waals surface area contributed by atoms with E-state index in [0.717, 1.165) is 23.6 Å². The lowest BCUT2D eigenvalue weighted by molar-refractivity contribution is -0.123. The minimum atomic E-state index is 0.193. The van der Waals surface area contributed by atoms with Crippen LogP contribution in [0.15, 0.2) is 24.3 Å². The van der Waals surface area contributed by atoms with Crippen molar-refractivity contribution in [2.75, 3.05) is 11.9 Å². The van der Waals surface area contributed by atoms with E-state index in [2.05, 4.69) is 0 Å². The van der Waals surface area contributed by atoms with E-state index >= 15 is 0 Å². The van der Waals surface area contributed by atoms with Crippen LogP contribution in [0.5, 0.6) is 0 Å². The van der Waals surface area contributed by atoms with Gasteiger partial charge in [-0.05, 0) is 43.2 Å². The molecule has 20 heavy (non-hydrogen) atoms. The average Bonchev–Trinajstić information content (AvgIpc) is 3.08. The number of thiocarbonyl (C=S) groups is 1. The molecule has 2 N–H and O–H groups in total. The van der Waals surface area contributed by atoms with Gasteiger partial charge in [0.2, 0.25) is 5.91 Å². The third-order valence-electron chi connectivity index (χ3n) is 4.92. The number of nitrogens with two attached hydrogens (primary N) is 1. The Morgan fingerprint density at radius 1 is 1.30 bits per heavy atom. The molecule has 2 aliphatic carbocycles. The van der Waals surface area contributed by atoms with Crippen molar-refractivity contribution in [1.29, 1.82) is 0 Å². The number of anilines is 1. The summed E-state index contributed by atoms with van der Waals surface area (Å²) in [4.78, 5) is 14.8. The number of hydrogen-bond acceptors (Lipinski definition) is 2. The van der Waals surface area contributed by atoms with Gasteiger partial charge in [0, 0.05) is 18.5 Å². The van der Waals surface area contributed by atoms with Crippen LogP contribution in [0.4, 0.5) is 5.69 Å². The molecule has 1 aromatic rings. The van der Waals surface area contributed by atoms with Gasteiger partial charge in [-0.2, -0.15) is 0 Å². The molecule has 3 nitrogen and oxygen atoms in total. The Morgan fingerprint density at radius 3 is 2.65 bits per heavy atom. The maximum Gasteiger partial charge on any atom is 0.230 e. The fourth-order valence-electron chi connectivity index (χ4n) is 3.89. The van der Waals surface area contributed by atoms with Gasteiger partial charge in [0.05, 0.1) is 5.69 Å². The summed E-state index contributed by atoms with van der Waals surface area (Å²) in [6, 6.07) is 7.61. The molecule has 4 heteroatoms. The first-order valence-electron chi connectivity index (χ1n) is 7.24. The Bertz CT molecular complexity index is 557. The highest BCUT2D eigenvalue weighted by Crippen LogP contribution is 2.49. The van der Waals surface area contributed by atoms with Crippen LogP contribution >= 0.6 is 12.2 Å². The second kappa shape index (κ2) is 5.17. The molecule has 1 amide bonds. The first kappa shape index (κ1) is 13.6. The molecule has 3 unspecified atom stereocenters. The molecule has 2 bridgehead atoms. The normalized spacial score (nSPS) is 27.6. The number of para-hydroxylation sites is 1. The molecule has 2 saturated carbocycles. The number of rotatable bonds is 3. The summed E-state index contributed by atoms with van der Waals surface area (Å²) < 4.78 is 0. The zero-order chi connectivity index (χ0) is 14.3. The van der Waals surface area contributed by atoms with Gasteiger partial charge in [-0.25, -0.2) is 0 Å². The largest absolute Gasteiger partial charge is 0.389 e. The van der Waals surface area contributed by atoms with Crippen LogP contribution in [-0.2, 0) is 4.79 Å². The van der Waals surface area contributed by atoms with Gasteiger partial charge in [-0.3, -0.25) is 4.79 Å². The number of fused-ring (bicyclic) bond motifs is 2. The molecular weight excluding hydrogens is 268 g/mol. The standard InChI is InChI=1S/C16H20N2OS/c1-18(14-5-3-2-4-12(14)15(17)20)16(19)13-9-10-6-7-11(13)8-10/h2-5,10-11,13H,6-9H2,1H3,(H2,17,20). The second-order valence-electron chi connectivity index (χ2n) is 6.06. The van der Waals surface area contributed by atoms with Gasteiger partial charge in [0.25, 0.3) is 0 Å². The molecule has 0 radical (unpaired) electrons. The van der Waals surface area contributed by atoms with Crippen molar-refractivity contribution < 1.29 is 4.79 Å². The van der Waals surface area contributed by atoms with Crippen LogP contribution in [-0.4, -0.2) is 17.9 Å². The molecule has 0 aromatic heterocycles. The summed E-state index contributed by atoms with van der Waals surface area (Å²) >= 11 is 5.08. The first-order chi connectivity index (χ1) is 9.58. The molecule has 0 spiro atoms. The van der Waals surface area contributed by atoms with E-state index in [9.17, 15) is 4.79 Å². The molecule has 0 saturated heterocycles. The quantitative estimate of drug-likeness (QED) is 0.870. The Balaban J connectivity index is 1.84. The molecule has 3 atom stereocenters. The van der Waals surface area contributed by atoms with Crippen LogP contribution in [0.25, 0.3) is 0 Å². The van der Waals surface area contributed by atoms with Crippen molar-refractivity contribution in [3.05, 3.63) is 29.8 Å². The number of amides is 1. The average molecular weight is 288 g/mol. The highest BCUT2D eigenvalue weighted by molar-refractivity contribution is 7.80. The summed E-state index contributed by atoms with van der Waals surface area (Å²) in [6.07, 6.45) is 4.82. The van der Waals surface area contributed by atoms with Crippen molar-refractivity contribution in [3.63, 3.8) is 0 Å². The van der Waals surface area contributed by atoms with Gasteiger partial charge in [0.15, 0.2) is 0 Å². The lowest BCUT2D eigenvalue weighted by Gasteiger charge is -2.27. The fourth-order valence-corrected chi connectivity index (χ4v) is 4.06. The highest BCUT2D eigenvalue weighted by atomic mass is 32.1. The predicted molar refractivity (Wildman–Crippen MR) is 84.7 cm³/mol. The number of nitrogens with zero attached hydrogens (tertiary/aromatic N) is 1. The van der Waals surface area contributed by atoms with Crippen molar-refractivity contribution in [3.8, 4) is 0 Å². The second-order valence-corrected chi connectivity index (χ2v) is 6.50. The van der Waals surface area contributed by atoms with Crippen LogP contribution < -0.4 is 10.6 Å². The lowest BCUT2D eigenvalue weighted by Crippen LogP contribution is -2.36. The molecular formula is C16H20N2OS. The van der Waals surface area contributed by atoms with E-state index in [-0.39, 0.29) is 11.8 Å². The SMILES string of the molecule is CN(C(=O)C1CC2CCC1C2)c1ccccc1C(N)=S. The van der Waals surface area contributed by atoms with Crippen LogP contribution in [0.2, 0.25) is 0 Å². The third kappa shape index (κ3) is 2.22. The van der Waals surface area contributed by atoms with Crippen molar-refractivity contribution in [2.24, 2.45) is 23.5 Å². The topological polar surface area (TPSA) is 46.3 Å². The Labute approximate surface area is 125 Å². The fraction of sp³-hybridized carbons (Fsp3) is 0.500. The third-order valence-corrected chi connectivity index (χ3v) is 5.14. The van der Waals surface area contributed by atoms with E-state index in [1.165, 1.54) is 19.3 Å². The summed E-state index contributed by atoms with van der Waals surface area (Å²) in [6.45, 7) is 0. The predicted octanol–water partition coefficient (Wildman–Crippen LogP) is 2.72. The van der Waals surface area contributed by atoms with Gasteiger partial charge < -0.3 is 10.6 Å². The first-order valence-corrected chi connectivity index (χ1v) is 7.65. The maximum atomic E-state index is 12.8. The van der Waals surface area contributed by atoms with E-state index in [4.69, 9.17) is 18.0 Å². The highest BCUT2D eigenvalue weighted by Gasteiger charge is 2.44. The Hall–Kier alpha value is -1.42. The molecule has 2 aliphatic rings. The lowest BCUT2D eigenvalue weighted by atomic mass is 9.87. The van der Waals surface area contributed by atoms with E-state index in [1.807, 2.05) is 31.3 Å². The molecule has 1 aromatic carbocycles. The van der Waals surface area contributed by atoms with Crippen molar-refractivity contribution >= 4 is 28.8 Å². The summed E-state index contributed by atoms with van der Waals surface area (Å²) in [7, 11) is 1.84. The van der Waals surface area contributed by atoms with Crippen LogP contribution in [0.1, 0.15) is 31.2 Å². The Morgan fingerprint density at radius 2 is 2.05 bits per heavy atom. The minimum absolute atomic E-state index is 0.193. The molecule has 2 fully saturated rings. The monoisotopic (exact) mass is 288 g/mol. The van der Waals surface area contributed by atoms with Crippen molar-refractivity contribution in [1.82, 2.24) is 0 Å². The smallest absolute Gasteiger partial charge is 0.230 e. The van der Waals surface area contributed by atoms with Crippen LogP contribution in [0.3, 0.4) is 0 Å². The molecule has 3 rings (SSSR count). The zero-order valence-electron chi connectivity index (χ0n) is 11.7.